The number of nitrogens with one attached hydrogen (secondary N) is 1. The van der Waals surface area contributed by atoms with Gasteiger partial charge in [0.2, 0.25) is 15.9 Å². The Morgan fingerprint density at radius 3 is 2.68 bits per heavy atom. The van der Waals surface area contributed by atoms with Gasteiger partial charge in [-0.25, -0.2) is 13.2 Å². The summed E-state index contributed by atoms with van der Waals surface area (Å²) in [5.74, 6) is -0.875. The van der Waals surface area contributed by atoms with Gasteiger partial charge in [-0.05, 0) is 39.7 Å². The molecule has 25 heavy (non-hydrogen) atoms. The van der Waals surface area contributed by atoms with Gasteiger partial charge in [0.05, 0.1) is 6.61 Å². The summed E-state index contributed by atoms with van der Waals surface area (Å²) in [6.45, 7) is 5.82. The molecule has 1 aromatic rings. The minimum Gasteiger partial charge on any atom is -0.461 e. The van der Waals surface area contributed by atoms with Crippen molar-refractivity contribution in [1.29, 1.82) is 0 Å². The maximum absolute atomic E-state index is 13.0. The van der Waals surface area contributed by atoms with Crippen molar-refractivity contribution in [3.8, 4) is 0 Å². The summed E-state index contributed by atoms with van der Waals surface area (Å²) in [7, 11) is -2.29. The first-order valence-corrected chi connectivity index (χ1v) is 9.78. The van der Waals surface area contributed by atoms with E-state index in [1.54, 1.807) is 14.0 Å². The second-order valence-corrected chi connectivity index (χ2v) is 8.22. The van der Waals surface area contributed by atoms with Crippen LogP contribution in [0.4, 0.5) is 0 Å². The zero-order valence-electron chi connectivity index (χ0n) is 15.0. The number of aryl methyl sites for hydroxylation is 1. The smallest absolute Gasteiger partial charge is 0.354 e. The second-order valence-electron chi connectivity index (χ2n) is 6.33. The first-order valence-electron chi connectivity index (χ1n) is 8.34. The lowest BCUT2D eigenvalue weighted by Crippen LogP contribution is -2.47. The number of hydrogen-bond acceptors (Lipinski definition) is 5. The number of hydrogen-bond donors (Lipinski definition) is 1. The molecule has 8 nitrogen and oxygen atoms in total. The minimum absolute atomic E-state index is 0.0118. The van der Waals surface area contributed by atoms with Crippen LogP contribution in [0.3, 0.4) is 0 Å². The Hall–Kier alpha value is -1.87. The molecule has 0 unspecified atom stereocenters. The molecule has 1 saturated heterocycles. The molecule has 1 aromatic heterocycles. The summed E-state index contributed by atoms with van der Waals surface area (Å²) < 4.78 is 33.5. The van der Waals surface area contributed by atoms with Crippen molar-refractivity contribution >= 4 is 21.9 Å². The minimum atomic E-state index is -3.87. The van der Waals surface area contributed by atoms with Crippen molar-refractivity contribution in [3.05, 3.63) is 18.0 Å². The zero-order chi connectivity index (χ0) is 18.8. The van der Waals surface area contributed by atoms with Crippen molar-refractivity contribution < 1.29 is 22.7 Å². The van der Waals surface area contributed by atoms with E-state index >= 15 is 0 Å². The van der Waals surface area contributed by atoms with Crippen molar-refractivity contribution in [2.45, 2.75) is 50.6 Å². The SMILES string of the molecule is CCOC(=O)c1cc(S(=O)(=O)N2CCC[C@@H]2C(=O)NC(C)C)cn1C. The lowest BCUT2D eigenvalue weighted by molar-refractivity contribution is -0.124. The molecule has 0 bridgehead atoms. The first kappa shape index (κ1) is 19.5. The summed E-state index contributed by atoms with van der Waals surface area (Å²) in [6, 6.07) is 0.506. The monoisotopic (exact) mass is 371 g/mol. The normalized spacial score (nSPS) is 18.5. The van der Waals surface area contributed by atoms with Gasteiger partial charge in [-0.15, -0.1) is 0 Å². The number of nitrogens with zero attached hydrogens (tertiary/aromatic N) is 2. The van der Waals surface area contributed by atoms with E-state index in [2.05, 4.69) is 5.32 Å². The summed E-state index contributed by atoms with van der Waals surface area (Å²) in [5, 5.41) is 2.77. The van der Waals surface area contributed by atoms with E-state index in [-0.39, 0.29) is 35.7 Å². The standard InChI is InChI=1S/C16H25N3O5S/c1-5-24-16(21)14-9-12(10-18(14)4)25(22,23)19-8-6-7-13(19)15(20)17-11(2)3/h9-11,13H,5-8H2,1-4H3,(H,17,20)/t13-/m1/s1. The fraction of sp³-hybridized carbons (Fsp3) is 0.625. The topological polar surface area (TPSA) is 97.7 Å². The maximum Gasteiger partial charge on any atom is 0.354 e. The summed E-state index contributed by atoms with van der Waals surface area (Å²) in [5.41, 5.74) is 0.155. The zero-order valence-corrected chi connectivity index (χ0v) is 15.8. The van der Waals surface area contributed by atoms with Crippen LogP contribution in [0.15, 0.2) is 17.2 Å². The van der Waals surface area contributed by atoms with Gasteiger partial charge in [0.25, 0.3) is 0 Å². The van der Waals surface area contributed by atoms with E-state index in [1.165, 1.54) is 21.1 Å². The van der Waals surface area contributed by atoms with Crippen LogP contribution in [0.5, 0.6) is 0 Å². The van der Waals surface area contributed by atoms with E-state index in [0.29, 0.717) is 12.8 Å². The number of carbonyl (C=O) groups excluding carboxylic acids is 2. The highest BCUT2D eigenvalue weighted by Crippen LogP contribution is 2.27. The number of amides is 1. The van der Waals surface area contributed by atoms with Gasteiger partial charge < -0.3 is 14.6 Å². The van der Waals surface area contributed by atoms with E-state index in [1.807, 2.05) is 13.8 Å². The van der Waals surface area contributed by atoms with Crippen molar-refractivity contribution in [3.63, 3.8) is 0 Å². The molecule has 1 fully saturated rings. The van der Waals surface area contributed by atoms with Crippen LogP contribution in [-0.2, 0) is 26.6 Å². The highest BCUT2D eigenvalue weighted by molar-refractivity contribution is 7.89. The largest absolute Gasteiger partial charge is 0.461 e. The highest BCUT2D eigenvalue weighted by Gasteiger charge is 2.40. The average Bonchev–Trinajstić information content (AvgIpc) is 3.13. The lowest BCUT2D eigenvalue weighted by atomic mass is 10.2. The molecule has 2 heterocycles. The quantitative estimate of drug-likeness (QED) is 0.749. The van der Waals surface area contributed by atoms with Gasteiger partial charge in [-0.3, -0.25) is 4.79 Å². The Morgan fingerprint density at radius 1 is 1.40 bits per heavy atom. The van der Waals surface area contributed by atoms with Crippen molar-refractivity contribution in [2.24, 2.45) is 7.05 Å². The number of aromatic nitrogens is 1. The molecule has 1 aliphatic rings. The predicted molar refractivity (Wildman–Crippen MR) is 91.6 cm³/mol. The Bertz CT molecular complexity index is 754. The Morgan fingerprint density at radius 2 is 2.08 bits per heavy atom. The van der Waals surface area contributed by atoms with Crippen molar-refractivity contribution in [1.82, 2.24) is 14.2 Å². The third kappa shape index (κ3) is 4.04. The van der Waals surface area contributed by atoms with Gasteiger partial charge >= 0.3 is 5.97 Å². The third-order valence-electron chi connectivity index (χ3n) is 4.01. The first-order chi connectivity index (χ1) is 11.7. The number of carbonyl (C=O) groups is 2. The van der Waals surface area contributed by atoms with Crippen LogP contribution in [0.1, 0.15) is 44.1 Å². The number of sulfonamides is 1. The molecule has 1 aliphatic heterocycles. The number of ether oxygens (including phenoxy) is 1. The Balaban J connectivity index is 2.30. The summed E-state index contributed by atoms with van der Waals surface area (Å²) in [4.78, 5) is 24.2. The molecule has 0 radical (unpaired) electrons. The second kappa shape index (κ2) is 7.57. The molecule has 9 heteroatoms. The molecule has 1 amide bonds. The highest BCUT2D eigenvalue weighted by atomic mass is 32.2. The Labute approximate surface area is 148 Å². The van der Waals surface area contributed by atoms with Gasteiger partial charge in [-0.2, -0.15) is 4.31 Å². The van der Waals surface area contributed by atoms with Crippen LogP contribution in [-0.4, -0.2) is 54.4 Å². The van der Waals surface area contributed by atoms with Gasteiger partial charge in [0.1, 0.15) is 16.6 Å². The van der Waals surface area contributed by atoms with Crippen LogP contribution in [0.25, 0.3) is 0 Å². The molecule has 0 aliphatic carbocycles. The molecule has 2 rings (SSSR count). The average molecular weight is 371 g/mol. The number of rotatable bonds is 6. The van der Waals surface area contributed by atoms with Crippen molar-refractivity contribution in [2.75, 3.05) is 13.2 Å². The van der Waals surface area contributed by atoms with Gasteiger partial charge in [0.15, 0.2) is 0 Å². The maximum atomic E-state index is 13.0. The fourth-order valence-electron chi connectivity index (χ4n) is 2.89. The fourth-order valence-corrected chi connectivity index (χ4v) is 4.62. The number of esters is 1. The van der Waals surface area contributed by atoms with Crippen LogP contribution in [0, 0.1) is 0 Å². The predicted octanol–water partition coefficient (Wildman–Crippen LogP) is 0.879. The molecular formula is C16H25N3O5S. The van der Waals surface area contributed by atoms with E-state index in [4.69, 9.17) is 4.74 Å². The van der Waals surface area contributed by atoms with Crippen LogP contribution < -0.4 is 5.32 Å². The molecule has 1 atom stereocenters. The van der Waals surface area contributed by atoms with E-state index in [9.17, 15) is 18.0 Å². The summed E-state index contributed by atoms with van der Waals surface area (Å²) in [6.07, 6.45) is 2.47. The Kier molecular flexibility index (Phi) is 5.89. The molecule has 1 N–H and O–H groups in total. The molecule has 0 aromatic carbocycles. The van der Waals surface area contributed by atoms with E-state index < -0.39 is 22.0 Å². The molecule has 140 valence electrons. The molecule has 0 spiro atoms. The summed E-state index contributed by atoms with van der Waals surface area (Å²) >= 11 is 0. The van der Waals surface area contributed by atoms with E-state index in [0.717, 1.165) is 0 Å². The van der Waals surface area contributed by atoms with Gasteiger partial charge in [0, 0.05) is 25.8 Å². The molecule has 0 saturated carbocycles. The van der Waals surface area contributed by atoms with Crippen LogP contribution in [0.2, 0.25) is 0 Å². The third-order valence-corrected chi connectivity index (χ3v) is 5.88. The van der Waals surface area contributed by atoms with Crippen LogP contribution >= 0.6 is 0 Å². The lowest BCUT2D eigenvalue weighted by Gasteiger charge is -2.23. The van der Waals surface area contributed by atoms with Gasteiger partial charge in [-0.1, -0.05) is 0 Å². The molecular weight excluding hydrogens is 346 g/mol.